The number of hydrogen-bond acceptors (Lipinski definition) is 3. The molecule has 0 fully saturated rings. The maximum Gasteiger partial charge on any atom is 0.168 e. The van der Waals surface area contributed by atoms with Crippen LogP contribution in [0.25, 0.3) is 0 Å². The summed E-state index contributed by atoms with van der Waals surface area (Å²) >= 11 is 4.87. The highest BCUT2D eigenvalue weighted by molar-refractivity contribution is 7.80. The lowest BCUT2D eigenvalue weighted by molar-refractivity contribution is 0.437. The second kappa shape index (κ2) is 5.10. The molecule has 2 rings (SSSR count). The van der Waals surface area contributed by atoms with E-state index in [2.05, 4.69) is 4.98 Å². The summed E-state index contributed by atoms with van der Waals surface area (Å²) in [5, 5.41) is 0. The molecule has 1 aromatic heterocycles. The Kier molecular flexibility index (Phi) is 3.53. The molecule has 2 aromatic rings. The van der Waals surface area contributed by atoms with Gasteiger partial charge in [0, 0.05) is 6.20 Å². The van der Waals surface area contributed by atoms with Gasteiger partial charge in [-0.3, -0.25) is 0 Å². The minimum atomic E-state index is -0.407. The highest BCUT2D eigenvalue weighted by atomic mass is 32.1. The predicted octanol–water partition coefficient (Wildman–Crippen LogP) is 2.96. The van der Waals surface area contributed by atoms with Crippen molar-refractivity contribution in [1.29, 1.82) is 0 Å². The van der Waals surface area contributed by atoms with Gasteiger partial charge in [-0.15, -0.1) is 0 Å². The molecule has 0 atom stereocenters. The summed E-state index contributed by atoms with van der Waals surface area (Å²) in [5.41, 5.74) is 6.38. The number of ether oxygens (including phenoxy) is 1. The number of aromatic nitrogens is 1. The molecule has 0 saturated heterocycles. The van der Waals surface area contributed by atoms with Crippen LogP contribution in [0.1, 0.15) is 11.3 Å². The van der Waals surface area contributed by atoms with Crippen molar-refractivity contribution in [3.63, 3.8) is 0 Å². The molecule has 18 heavy (non-hydrogen) atoms. The lowest BCUT2D eigenvalue weighted by Crippen LogP contribution is -2.12. The number of thiocarbonyl (C=S) groups is 1. The lowest BCUT2D eigenvalue weighted by atomic mass is 10.2. The molecule has 1 heterocycles. The monoisotopic (exact) mass is 262 g/mol. The summed E-state index contributed by atoms with van der Waals surface area (Å²) in [6.07, 6.45) is 1.55. The molecule has 0 spiro atoms. The molecular formula is C13H11FN2OS. The second-order valence-corrected chi connectivity index (χ2v) is 4.14. The lowest BCUT2D eigenvalue weighted by Gasteiger charge is -2.10. The van der Waals surface area contributed by atoms with Gasteiger partial charge in [-0.25, -0.2) is 9.37 Å². The Morgan fingerprint density at radius 1 is 1.28 bits per heavy atom. The average Bonchev–Trinajstić information content (AvgIpc) is 2.35. The quantitative estimate of drug-likeness (QED) is 0.864. The van der Waals surface area contributed by atoms with Gasteiger partial charge in [-0.05, 0) is 30.7 Å². The van der Waals surface area contributed by atoms with Crippen LogP contribution in [0, 0.1) is 12.7 Å². The summed E-state index contributed by atoms with van der Waals surface area (Å²) in [7, 11) is 0. The molecule has 0 bridgehead atoms. The molecule has 1 aromatic carbocycles. The van der Waals surface area contributed by atoms with Crippen LogP contribution in [-0.4, -0.2) is 9.97 Å². The van der Waals surface area contributed by atoms with Gasteiger partial charge in [0.05, 0.1) is 0 Å². The zero-order chi connectivity index (χ0) is 13.1. The molecule has 0 radical (unpaired) electrons. The number of aryl methyl sites for hydroxylation is 1. The fourth-order valence-corrected chi connectivity index (χ4v) is 1.63. The Balaban J connectivity index is 2.40. The van der Waals surface area contributed by atoms with Crippen LogP contribution in [0.4, 0.5) is 4.39 Å². The van der Waals surface area contributed by atoms with E-state index in [9.17, 15) is 4.39 Å². The van der Waals surface area contributed by atoms with Crippen molar-refractivity contribution in [3.05, 3.63) is 53.6 Å². The zero-order valence-corrected chi connectivity index (χ0v) is 10.5. The number of rotatable bonds is 3. The highest BCUT2D eigenvalue weighted by Gasteiger charge is 2.12. The van der Waals surface area contributed by atoms with Gasteiger partial charge in [-0.1, -0.05) is 24.4 Å². The number of benzene rings is 1. The van der Waals surface area contributed by atoms with Crippen molar-refractivity contribution in [3.8, 4) is 11.5 Å². The number of pyridine rings is 1. The Labute approximate surface area is 109 Å². The smallest absolute Gasteiger partial charge is 0.168 e. The van der Waals surface area contributed by atoms with Crippen LogP contribution in [0.15, 0.2) is 36.5 Å². The molecule has 0 unspecified atom stereocenters. The molecular weight excluding hydrogens is 251 g/mol. The van der Waals surface area contributed by atoms with Crippen molar-refractivity contribution in [1.82, 2.24) is 4.98 Å². The third-order valence-corrected chi connectivity index (χ3v) is 2.57. The van der Waals surface area contributed by atoms with E-state index < -0.39 is 5.82 Å². The van der Waals surface area contributed by atoms with Crippen LogP contribution in [0.5, 0.6) is 11.5 Å². The number of nitrogens with two attached hydrogens (primary N) is 1. The summed E-state index contributed by atoms with van der Waals surface area (Å²) < 4.78 is 19.3. The van der Waals surface area contributed by atoms with E-state index in [-0.39, 0.29) is 10.7 Å². The zero-order valence-electron chi connectivity index (χ0n) is 9.68. The summed E-state index contributed by atoms with van der Waals surface area (Å²) in [6, 6.07) is 8.23. The first-order valence-electron chi connectivity index (χ1n) is 5.27. The van der Waals surface area contributed by atoms with E-state index in [0.717, 1.165) is 0 Å². The first-order chi connectivity index (χ1) is 8.59. The first kappa shape index (κ1) is 12.4. The second-order valence-electron chi connectivity index (χ2n) is 3.70. The maximum absolute atomic E-state index is 13.8. The van der Waals surface area contributed by atoms with Crippen molar-refractivity contribution in [2.24, 2.45) is 5.73 Å². The van der Waals surface area contributed by atoms with E-state index >= 15 is 0 Å². The Bertz CT molecular complexity index is 601. The molecule has 0 amide bonds. The fraction of sp³-hybridized carbons (Fsp3) is 0.0769. The average molecular weight is 262 g/mol. The molecule has 5 heteroatoms. The number of halogens is 1. The number of nitrogens with zero attached hydrogens (tertiary/aromatic N) is 1. The number of hydrogen-bond donors (Lipinski definition) is 1. The van der Waals surface area contributed by atoms with Gasteiger partial charge in [0.2, 0.25) is 0 Å². The van der Waals surface area contributed by atoms with E-state index in [1.165, 1.54) is 0 Å². The third kappa shape index (κ3) is 2.46. The molecule has 2 N–H and O–H groups in total. The minimum absolute atomic E-state index is 0.110. The van der Waals surface area contributed by atoms with Crippen LogP contribution >= 0.6 is 12.2 Å². The molecule has 0 saturated carbocycles. The Morgan fingerprint density at radius 2 is 2.00 bits per heavy atom. The predicted molar refractivity (Wildman–Crippen MR) is 71.3 cm³/mol. The van der Waals surface area contributed by atoms with Gasteiger partial charge in [0.1, 0.15) is 10.7 Å². The van der Waals surface area contributed by atoms with E-state index in [1.54, 1.807) is 43.5 Å². The van der Waals surface area contributed by atoms with Crippen molar-refractivity contribution < 1.29 is 9.13 Å². The largest absolute Gasteiger partial charge is 0.452 e. The summed E-state index contributed by atoms with van der Waals surface area (Å²) in [4.78, 5) is 4.12. The molecule has 0 aliphatic carbocycles. The van der Waals surface area contributed by atoms with E-state index in [4.69, 9.17) is 22.7 Å². The molecule has 92 valence electrons. The van der Waals surface area contributed by atoms with Gasteiger partial charge in [0.25, 0.3) is 0 Å². The molecule has 0 aliphatic heterocycles. The first-order valence-corrected chi connectivity index (χ1v) is 5.68. The minimum Gasteiger partial charge on any atom is -0.452 e. The summed E-state index contributed by atoms with van der Waals surface area (Å²) in [6.45, 7) is 1.67. The summed E-state index contributed by atoms with van der Waals surface area (Å²) in [5.74, 6) is 0.0604. The van der Waals surface area contributed by atoms with Gasteiger partial charge >= 0.3 is 0 Å². The van der Waals surface area contributed by atoms with Crippen molar-refractivity contribution >= 4 is 17.2 Å². The normalized spacial score (nSPS) is 10.1. The highest BCUT2D eigenvalue weighted by Crippen LogP contribution is 2.27. The maximum atomic E-state index is 13.8. The Morgan fingerprint density at radius 3 is 2.72 bits per heavy atom. The SMILES string of the molecule is Cc1cccc(Oc2cccnc2C(N)=S)c1F. The van der Waals surface area contributed by atoms with Crippen LogP contribution < -0.4 is 10.5 Å². The van der Waals surface area contributed by atoms with Crippen molar-refractivity contribution in [2.45, 2.75) is 6.92 Å². The topological polar surface area (TPSA) is 48.1 Å². The van der Waals surface area contributed by atoms with Gasteiger partial charge < -0.3 is 10.5 Å². The van der Waals surface area contributed by atoms with Gasteiger partial charge in [-0.2, -0.15) is 0 Å². The molecule has 0 aliphatic rings. The van der Waals surface area contributed by atoms with Gasteiger partial charge in [0.15, 0.2) is 17.3 Å². The van der Waals surface area contributed by atoms with Crippen LogP contribution in [0.3, 0.4) is 0 Å². The van der Waals surface area contributed by atoms with Crippen LogP contribution in [0.2, 0.25) is 0 Å². The Hall–Kier alpha value is -2.01. The fourth-order valence-electron chi connectivity index (χ4n) is 1.48. The van der Waals surface area contributed by atoms with E-state index in [1.807, 2.05) is 0 Å². The third-order valence-electron chi connectivity index (χ3n) is 2.38. The van der Waals surface area contributed by atoms with E-state index in [0.29, 0.717) is 17.0 Å². The van der Waals surface area contributed by atoms with Crippen molar-refractivity contribution in [2.75, 3.05) is 0 Å². The molecule has 3 nitrogen and oxygen atoms in total. The van der Waals surface area contributed by atoms with Crippen LogP contribution in [-0.2, 0) is 0 Å². The standard InChI is InChI=1S/C13H11FN2OS/c1-8-4-2-5-9(11(8)14)17-10-6-3-7-16-12(10)13(15)18/h2-7H,1H3,(H2,15,18).